The Labute approximate surface area is 173 Å². The highest BCUT2D eigenvalue weighted by atomic mass is 16.5. The average Bonchev–Trinajstić information content (AvgIpc) is 2.72. The molecule has 1 fully saturated rings. The molecule has 0 radical (unpaired) electrons. The first-order valence-electron chi connectivity index (χ1n) is 10.2. The van der Waals surface area contributed by atoms with Crippen LogP contribution in [0.4, 0.5) is 4.79 Å². The summed E-state index contributed by atoms with van der Waals surface area (Å²) in [6, 6.07) is 6.38. The Kier molecular flexibility index (Phi) is 7.16. The number of amides is 3. The standard InChI is InChI=1S/C21H26N4O5/c1-13-6-2-4-8-15(13)23-21(29)25-18(26)12-30-19(27)11-10-17-22-16-9-5-3-7-14(16)20(28)24-17/h3,5,7,9,13,15H,2,4,6,8,10-12H2,1H3,(H,22,24,28)(H2,23,25,26,29)/t13-,15+/m1/s1. The van der Waals surface area contributed by atoms with E-state index in [1.54, 1.807) is 24.3 Å². The second kappa shape index (κ2) is 10.00. The lowest BCUT2D eigenvalue weighted by Crippen LogP contribution is -2.48. The maximum Gasteiger partial charge on any atom is 0.321 e. The summed E-state index contributed by atoms with van der Waals surface area (Å²) < 4.78 is 4.90. The summed E-state index contributed by atoms with van der Waals surface area (Å²) in [6.07, 6.45) is 4.26. The van der Waals surface area contributed by atoms with Crippen LogP contribution in [0.2, 0.25) is 0 Å². The van der Waals surface area contributed by atoms with Gasteiger partial charge in [0.15, 0.2) is 6.61 Å². The molecular weight excluding hydrogens is 388 g/mol. The van der Waals surface area contributed by atoms with Gasteiger partial charge in [0.25, 0.3) is 11.5 Å². The molecule has 1 heterocycles. The third kappa shape index (κ3) is 5.88. The summed E-state index contributed by atoms with van der Waals surface area (Å²) >= 11 is 0. The van der Waals surface area contributed by atoms with Gasteiger partial charge in [-0.1, -0.05) is 31.9 Å². The Morgan fingerprint density at radius 2 is 1.97 bits per heavy atom. The summed E-state index contributed by atoms with van der Waals surface area (Å²) in [5.41, 5.74) is 0.268. The molecule has 3 amide bonds. The van der Waals surface area contributed by atoms with Gasteiger partial charge in [-0.25, -0.2) is 9.78 Å². The zero-order valence-electron chi connectivity index (χ0n) is 16.9. The van der Waals surface area contributed by atoms with Crippen molar-refractivity contribution in [1.82, 2.24) is 20.6 Å². The van der Waals surface area contributed by atoms with Gasteiger partial charge in [-0.15, -0.1) is 0 Å². The van der Waals surface area contributed by atoms with Crippen LogP contribution in [0, 0.1) is 5.92 Å². The molecule has 160 valence electrons. The first kappa shape index (κ1) is 21.5. The normalized spacial score (nSPS) is 18.6. The summed E-state index contributed by atoms with van der Waals surface area (Å²) in [7, 11) is 0. The minimum absolute atomic E-state index is 0.0470. The van der Waals surface area contributed by atoms with E-state index < -0.39 is 24.5 Å². The van der Waals surface area contributed by atoms with Crippen LogP contribution in [0.15, 0.2) is 29.1 Å². The van der Waals surface area contributed by atoms with Crippen molar-refractivity contribution >= 4 is 28.8 Å². The van der Waals surface area contributed by atoms with E-state index in [1.165, 1.54) is 0 Å². The number of nitrogens with zero attached hydrogens (tertiary/aromatic N) is 1. The maximum absolute atomic E-state index is 12.0. The Balaban J connectivity index is 1.40. The van der Waals surface area contributed by atoms with Crippen LogP contribution in [0.25, 0.3) is 10.9 Å². The number of aryl methyl sites for hydroxylation is 1. The van der Waals surface area contributed by atoms with E-state index in [2.05, 4.69) is 27.5 Å². The lowest BCUT2D eigenvalue weighted by molar-refractivity contribution is -0.148. The second-order valence-electron chi connectivity index (χ2n) is 7.58. The topological polar surface area (TPSA) is 130 Å². The number of benzene rings is 1. The van der Waals surface area contributed by atoms with Gasteiger partial charge in [-0.3, -0.25) is 19.7 Å². The van der Waals surface area contributed by atoms with Crippen LogP contribution < -0.4 is 16.2 Å². The predicted octanol–water partition coefficient (Wildman–Crippen LogP) is 1.80. The van der Waals surface area contributed by atoms with Crippen molar-refractivity contribution in [2.24, 2.45) is 5.92 Å². The monoisotopic (exact) mass is 414 g/mol. The van der Waals surface area contributed by atoms with Crippen molar-refractivity contribution < 1.29 is 19.1 Å². The summed E-state index contributed by atoms with van der Waals surface area (Å²) in [4.78, 5) is 54.6. The van der Waals surface area contributed by atoms with Gasteiger partial charge < -0.3 is 15.0 Å². The van der Waals surface area contributed by atoms with E-state index in [1.807, 2.05) is 0 Å². The molecule has 3 rings (SSSR count). The Hall–Kier alpha value is -3.23. The van der Waals surface area contributed by atoms with Gasteiger partial charge in [0.05, 0.1) is 17.3 Å². The fourth-order valence-corrected chi connectivity index (χ4v) is 3.59. The number of para-hydroxylation sites is 1. The number of esters is 1. The number of H-pyrrole nitrogens is 1. The van der Waals surface area contributed by atoms with E-state index in [-0.39, 0.29) is 24.4 Å². The quantitative estimate of drug-likeness (QED) is 0.618. The van der Waals surface area contributed by atoms with E-state index in [4.69, 9.17) is 4.74 Å². The highest BCUT2D eigenvalue weighted by Gasteiger charge is 2.23. The third-order valence-electron chi connectivity index (χ3n) is 5.27. The molecule has 1 aliphatic rings. The molecule has 0 unspecified atom stereocenters. The molecule has 9 nitrogen and oxygen atoms in total. The first-order valence-corrected chi connectivity index (χ1v) is 10.2. The molecule has 0 spiro atoms. The van der Waals surface area contributed by atoms with Gasteiger partial charge in [-0.05, 0) is 30.9 Å². The molecule has 0 saturated heterocycles. The first-order chi connectivity index (χ1) is 14.4. The molecule has 0 aliphatic heterocycles. The lowest BCUT2D eigenvalue weighted by atomic mass is 9.86. The van der Waals surface area contributed by atoms with Gasteiger partial charge in [-0.2, -0.15) is 0 Å². The predicted molar refractivity (Wildman–Crippen MR) is 110 cm³/mol. The van der Waals surface area contributed by atoms with Gasteiger partial charge >= 0.3 is 12.0 Å². The van der Waals surface area contributed by atoms with Crippen molar-refractivity contribution in [1.29, 1.82) is 0 Å². The molecule has 2 atom stereocenters. The summed E-state index contributed by atoms with van der Waals surface area (Å²) in [5.74, 6) is -0.586. The zero-order valence-corrected chi connectivity index (χ0v) is 16.9. The number of hydrogen-bond acceptors (Lipinski definition) is 6. The van der Waals surface area contributed by atoms with Gasteiger partial charge in [0.2, 0.25) is 0 Å². The largest absolute Gasteiger partial charge is 0.456 e. The summed E-state index contributed by atoms with van der Waals surface area (Å²) in [5, 5.41) is 5.45. The number of fused-ring (bicyclic) bond motifs is 1. The molecule has 0 bridgehead atoms. The zero-order chi connectivity index (χ0) is 21.5. The van der Waals surface area contributed by atoms with Crippen LogP contribution in [0.3, 0.4) is 0 Å². The number of carbonyl (C=O) groups is 3. The fourth-order valence-electron chi connectivity index (χ4n) is 3.59. The molecular formula is C21H26N4O5. The van der Waals surface area contributed by atoms with Crippen LogP contribution in [0.1, 0.15) is 44.9 Å². The molecule has 2 aromatic rings. The minimum atomic E-state index is -0.693. The van der Waals surface area contributed by atoms with E-state index >= 15 is 0 Å². The molecule has 9 heteroatoms. The smallest absolute Gasteiger partial charge is 0.321 e. The van der Waals surface area contributed by atoms with Crippen LogP contribution in [-0.4, -0.2) is 40.5 Å². The van der Waals surface area contributed by atoms with Crippen LogP contribution in [-0.2, 0) is 20.7 Å². The van der Waals surface area contributed by atoms with E-state index in [9.17, 15) is 19.2 Å². The number of urea groups is 1. The molecule has 3 N–H and O–H groups in total. The van der Waals surface area contributed by atoms with Crippen molar-refractivity contribution in [3.8, 4) is 0 Å². The minimum Gasteiger partial charge on any atom is -0.456 e. The van der Waals surface area contributed by atoms with Crippen molar-refractivity contribution in [2.75, 3.05) is 6.61 Å². The van der Waals surface area contributed by atoms with Crippen molar-refractivity contribution in [3.05, 3.63) is 40.4 Å². The average molecular weight is 414 g/mol. The molecule has 1 aromatic heterocycles. The molecule has 1 aliphatic carbocycles. The number of aromatic amines is 1. The Morgan fingerprint density at radius 1 is 1.20 bits per heavy atom. The van der Waals surface area contributed by atoms with E-state index in [0.29, 0.717) is 22.6 Å². The summed E-state index contributed by atoms with van der Waals surface area (Å²) in [6.45, 7) is 1.53. The van der Waals surface area contributed by atoms with Crippen molar-refractivity contribution in [3.63, 3.8) is 0 Å². The van der Waals surface area contributed by atoms with Crippen molar-refractivity contribution in [2.45, 2.75) is 51.5 Å². The van der Waals surface area contributed by atoms with Gasteiger partial charge in [0.1, 0.15) is 5.82 Å². The highest BCUT2D eigenvalue weighted by Crippen LogP contribution is 2.23. The third-order valence-corrected chi connectivity index (χ3v) is 5.27. The van der Waals surface area contributed by atoms with Crippen LogP contribution >= 0.6 is 0 Å². The number of ether oxygens (including phenoxy) is 1. The second-order valence-corrected chi connectivity index (χ2v) is 7.58. The molecule has 1 saturated carbocycles. The molecule has 30 heavy (non-hydrogen) atoms. The number of rotatable bonds is 6. The number of aromatic nitrogens is 2. The molecule has 1 aromatic carbocycles. The fraction of sp³-hybridized carbons (Fsp3) is 0.476. The highest BCUT2D eigenvalue weighted by molar-refractivity contribution is 5.95. The Bertz CT molecular complexity index is 987. The lowest BCUT2D eigenvalue weighted by Gasteiger charge is -2.29. The number of imide groups is 1. The van der Waals surface area contributed by atoms with E-state index in [0.717, 1.165) is 25.7 Å². The number of nitrogens with one attached hydrogen (secondary N) is 3. The number of hydrogen-bond donors (Lipinski definition) is 3. The number of carbonyl (C=O) groups excluding carboxylic acids is 3. The van der Waals surface area contributed by atoms with Crippen LogP contribution in [0.5, 0.6) is 0 Å². The maximum atomic E-state index is 12.0. The Morgan fingerprint density at radius 3 is 2.77 bits per heavy atom. The van der Waals surface area contributed by atoms with Gasteiger partial charge in [0, 0.05) is 12.5 Å². The SMILES string of the molecule is C[C@@H]1CCCC[C@@H]1NC(=O)NC(=O)COC(=O)CCc1nc2ccccc2c(=O)[nH]1.